The van der Waals surface area contributed by atoms with Crippen LogP contribution in [0.5, 0.6) is 0 Å². The lowest BCUT2D eigenvalue weighted by Gasteiger charge is -2.09. The largest absolute Gasteiger partial charge is 0.427 e. The topological polar surface area (TPSA) is 26.3 Å². The smallest absolute Gasteiger partial charge is 0.338 e. The lowest BCUT2D eigenvalue weighted by molar-refractivity contribution is -0.135. The fraction of sp³-hybridized carbons (Fsp3) is 0.364. The summed E-state index contributed by atoms with van der Waals surface area (Å²) in [5, 5.41) is 0. The first kappa shape index (κ1) is 8.30. The first-order valence-corrected chi connectivity index (χ1v) is 4.44. The van der Waals surface area contributed by atoms with E-state index in [1.165, 1.54) is 0 Å². The summed E-state index contributed by atoms with van der Waals surface area (Å²) in [6.07, 6.45) is 7.35. The Kier molecular flexibility index (Phi) is 1.83. The van der Waals surface area contributed by atoms with Crippen LogP contribution in [-0.2, 0) is 9.53 Å². The lowest BCUT2D eigenvalue weighted by atomic mass is 10.1. The molecular formula is C11H12O2. The zero-order chi connectivity index (χ0) is 9.42. The van der Waals surface area contributed by atoms with E-state index in [-0.39, 0.29) is 5.97 Å². The van der Waals surface area contributed by atoms with Gasteiger partial charge in [0.25, 0.3) is 0 Å². The maximum absolute atomic E-state index is 11.2. The summed E-state index contributed by atoms with van der Waals surface area (Å²) in [7, 11) is 0. The van der Waals surface area contributed by atoms with Gasteiger partial charge in [-0.15, -0.1) is 0 Å². The minimum Gasteiger partial charge on any atom is -0.427 e. The molecule has 2 nitrogen and oxygen atoms in total. The van der Waals surface area contributed by atoms with Crippen LogP contribution in [0.25, 0.3) is 0 Å². The molecule has 68 valence electrons. The van der Waals surface area contributed by atoms with Crippen LogP contribution in [0.4, 0.5) is 0 Å². The molecule has 13 heavy (non-hydrogen) atoms. The molecule has 0 saturated carbocycles. The molecule has 0 heterocycles. The zero-order valence-electron chi connectivity index (χ0n) is 7.62. The van der Waals surface area contributed by atoms with Gasteiger partial charge in [0.1, 0.15) is 5.76 Å². The Morgan fingerprint density at radius 2 is 2.38 bits per heavy atom. The van der Waals surface area contributed by atoms with Crippen molar-refractivity contribution in [3.63, 3.8) is 0 Å². The normalized spacial score (nSPS) is 28.8. The highest BCUT2D eigenvalue weighted by molar-refractivity contribution is 5.87. The molecule has 0 spiro atoms. The Labute approximate surface area is 77.6 Å². The number of esters is 1. The molecule has 0 N–H and O–H groups in total. The van der Waals surface area contributed by atoms with Gasteiger partial charge < -0.3 is 4.74 Å². The summed E-state index contributed by atoms with van der Waals surface area (Å²) < 4.78 is 5.18. The van der Waals surface area contributed by atoms with Crippen LogP contribution in [0.3, 0.4) is 0 Å². The van der Waals surface area contributed by atoms with E-state index >= 15 is 0 Å². The van der Waals surface area contributed by atoms with Crippen molar-refractivity contribution >= 4 is 5.97 Å². The van der Waals surface area contributed by atoms with E-state index < -0.39 is 0 Å². The van der Waals surface area contributed by atoms with Crippen molar-refractivity contribution < 1.29 is 9.53 Å². The lowest BCUT2D eigenvalue weighted by Crippen LogP contribution is -2.08. The first-order valence-electron chi connectivity index (χ1n) is 4.44. The fourth-order valence-electron chi connectivity index (χ4n) is 1.70. The number of carbonyl (C=O) groups excluding carboxylic acids is 1. The molecule has 0 amide bonds. The van der Waals surface area contributed by atoms with Gasteiger partial charge in [-0.1, -0.05) is 18.7 Å². The Morgan fingerprint density at radius 1 is 1.62 bits per heavy atom. The predicted octanol–water partition coefficient (Wildman–Crippen LogP) is 2.20. The van der Waals surface area contributed by atoms with Crippen molar-refractivity contribution in [2.45, 2.75) is 13.3 Å². The molecule has 2 heteroatoms. The summed E-state index contributed by atoms with van der Waals surface area (Å²) in [4.78, 5) is 11.2. The maximum atomic E-state index is 11.2. The number of hydrogen-bond acceptors (Lipinski definition) is 2. The average Bonchev–Trinajstić information content (AvgIpc) is 2.64. The minimum atomic E-state index is -0.313. The SMILES string of the molecule is C=C(C)C(=O)OC1=CC2C=CC1C2. The number of rotatable bonds is 2. The summed E-state index contributed by atoms with van der Waals surface area (Å²) in [6.45, 7) is 5.20. The monoisotopic (exact) mass is 176 g/mol. The number of allylic oxidation sites excluding steroid dienone is 3. The van der Waals surface area contributed by atoms with Gasteiger partial charge in [0.15, 0.2) is 0 Å². The molecule has 2 aliphatic carbocycles. The van der Waals surface area contributed by atoms with Crippen molar-refractivity contribution in [3.05, 3.63) is 36.1 Å². The highest BCUT2D eigenvalue weighted by atomic mass is 16.5. The molecule has 2 atom stereocenters. The fourth-order valence-corrected chi connectivity index (χ4v) is 1.70. The van der Waals surface area contributed by atoms with E-state index in [0.29, 0.717) is 17.4 Å². The Hall–Kier alpha value is -1.31. The second-order valence-corrected chi connectivity index (χ2v) is 3.63. The van der Waals surface area contributed by atoms with Gasteiger partial charge in [0.05, 0.1) is 0 Å². The highest BCUT2D eigenvalue weighted by Crippen LogP contribution is 2.38. The van der Waals surface area contributed by atoms with Gasteiger partial charge in [0, 0.05) is 11.5 Å². The number of fused-ring (bicyclic) bond motifs is 2. The molecule has 0 aromatic heterocycles. The van der Waals surface area contributed by atoms with Gasteiger partial charge in [-0.3, -0.25) is 0 Å². The van der Waals surface area contributed by atoms with Crippen LogP contribution < -0.4 is 0 Å². The van der Waals surface area contributed by atoms with Crippen LogP contribution in [0.15, 0.2) is 36.1 Å². The Bertz CT molecular complexity index is 323. The van der Waals surface area contributed by atoms with Gasteiger partial charge in [-0.2, -0.15) is 0 Å². The van der Waals surface area contributed by atoms with Crippen molar-refractivity contribution in [3.8, 4) is 0 Å². The van der Waals surface area contributed by atoms with E-state index in [1.54, 1.807) is 6.92 Å². The minimum absolute atomic E-state index is 0.313. The number of hydrogen-bond donors (Lipinski definition) is 0. The van der Waals surface area contributed by atoms with Crippen molar-refractivity contribution in [2.24, 2.45) is 11.8 Å². The molecule has 0 aromatic carbocycles. The molecule has 2 aliphatic rings. The zero-order valence-corrected chi connectivity index (χ0v) is 7.62. The third-order valence-electron chi connectivity index (χ3n) is 2.42. The second kappa shape index (κ2) is 2.87. The molecule has 0 aromatic rings. The summed E-state index contributed by atoms with van der Waals surface area (Å²) in [5.74, 6) is 1.30. The van der Waals surface area contributed by atoms with Gasteiger partial charge >= 0.3 is 5.97 Å². The molecule has 0 saturated heterocycles. The number of carbonyl (C=O) groups is 1. The van der Waals surface area contributed by atoms with E-state index in [2.05, 4.69) is 18.7 Å². The maximum Gasteiger partial charge on any atom is 0.338 e. The van der Waals surface area contributed by atoms with E-state index in [0.717, 1.165) is 12.2 Å². The van der Waals surface area contributed by atoms with E-state index in [1.807, 2.05) is 6.08 Å². The molecule has 2 rings (SSSR count). The second-order valence-electron chi connectivity index (χ2n) is 3.63. The first-order chi connectivity index (χ1) is 6.16. The van der Waals surface area contributed by atoms with Crippen molar-refractivity contribution in [1.29, 1.82) is 0 Å². The number of ether oxygens (including phenoxy) is 1. The van der Waals surface area contributed by atoms with Crippen LogP contribution in [0.2, 0.25) is 0 Å². The molecule has 2 bridgehead atoms. The van der Waals surface area contributed by atoms with Gasteiger partial charge in [0.2, 0.25) is 0 Å². The van der Waals surface area contributed by atoms with Crippen LogP contribution in [0.1, 0.15) is 13.3 Å². The standard InChI is InChI=1S/C11H12O2/c1-7(2)11(12)13-10-6-8-3-4-9(10)5-8/h3-4,6,8-9H,1,5H2,2H3. The Morgan fingerprint density at radius 3 is 2.85 bits per heavy atom. The summed E-state index contributed by atoms with van der Waals surface area (Å²) in [6, 6.07) is 0. The van der Waals surface area contributed by atoms with Gasteiger partial charge in [-0.05, 0) is 25.3 Å². The van der Waals surface area contributed by atoms with E-state index in [9.17, 15) is 4.79 Å². The quantitative estimate of drug-likeness (QED) is 0.366. The predicted molar refractivity (Wildman–Crippen MR) is 49.7 cm³/mol. The van der Waals surface area contributed by atoms with Crippen molar-refractivity contribution in [1.82, 2.24) is 0 Å². The van der Waals surface area contributed by atoms with Crippen molar-refractivity contribution in [2.75, 3.05) is 0 Å². The van der Waals surface area contributed by atoms with Crippen LogP contribution in [-0.4, -0.2) is 5.97 Å². The summed E-state index contributed by atoms with van der Waals surface area (Å²) >= 11 is 0. The average molecular weight is 176 g/mol. The van der Waals surface area contributed by atoms with Crippen LogP contribution >= 0.6 is 0 Å². The third-order valence-corrected chi connectivity index (χ3v) is 2.42. The Balaban J connectivity index is 2.02. The third kappa shape index (κ3) is 1.44. The molecule has 0 fully saturated rings. The molecule has 2 unspecified atom stereocenters. The summed E-state index contributed by atoms with van der Waals surface area (Å²) in [5.41, 5.74) is 0.452. The molecule has 0 aliphatic heterocycles. The highest BCUT2D eigenvalue weighted by Gasteiger charge is 2.30. The molecule has 0 radical (unpaired) electrons. The van der Waals surface area contributed by atoms with E-state index in [4.69, 9.17) is 4.74 Å². The van der Waals surface area contributed by atoms with Gasteiger partial charge in [-0.25, -0.2) is 4.79 Å². The molecular weight excluding hydrogens is 164 g/mol. The van der Waals surface area contributed by atoms with Crippen LogP contribution in [0, 0.1) is 11.8 Å².